The largest absolute Gasteiger partial charge is 0.371 e. The molecular formula is C22H27N3S. The first-order chi connectivity index (χ1) is 12.5. The molecule has 1 fully saturated rings. The number of nitrogens with one attached hydrogen (secondary N) is 2. The Morgan fingerprint density at radius 3 is 2.46 bits per heavy atom. The van der Waals surface area contributed by atoms with E-state index in [1.165, 1.54) is 28.3 Å². The number of nitrogens with zero attached hydrogens (tertiary/aromatic N) is 1. The Kier molecular flexibility index (Phi) is 4.47. The van der Waals surface area contributed by atoms with Crippen LogP contribution in [0.15, 0.2) is 53.5 Å². The van der Waals surface area contributed by atoms with Crippen molar-refractivity contribution in [3.05, 3.63) is 59.7 Å². The Bertz CT molecular complexity index is 835. The molecule has 2 heterocycles. The molecule has 1 saturated heterocycles. The summed E-state index contributed by atoms with van der Waals surface area (Å²) >= 11 is 2.04. The number of fused-ring (bicyclic) bond motifs is 1. The van der Waals surface area contributed by atoms with E-state index in [1.54, 1.807) is 0 Å². The molecule has 2 aromatic rings. The molecule has 4 heteroatoms. The number of thioether (sulfide) groups is 1. The van der Waals surface area contributed by atoms with Crippen molar-refractivity contribution in [3.8, 4) is 0 Å². The Morgan fingerprint density at radius 1 is 1.00 bits per heavy atom. The van der Waals surface area contributed by atoms with Gasteiger partial charge in [-0.15, -0.1) is 0 Å². The lowest BCUT2D eigenvalue weighted by atomic mass is 9.86. The monoisotopic (exact) mass is 365 g/mol. The number of hydrogen-bond acceptors (Lipinski definition) is 3. The molecule has 2 aliphatic heterocycles. The van der Waals surface area contributed by atoms with Gasteiger partial charge in [0.1, 0.15) is 5.84 Å². The van der Waals surface area contributed by atoms with Crippen molar-refractivity contribution in [1.29, 1.82) is 0 Å². The highest BCUT2D eigenvalue weighted by molar-refractivity contribution is 7.99. The van der Waals surface area contributed by atoms with Gasteiger partial charge in [-0.25, -0.2) is 0 Å². The van der Waals surface area contributed by atoms with Crippen LogP contribution in [0.1, 0.15) is 37.8 Å². The van der Waals surface area contributed by atoms with Gasteiger partial charge < -0.3 is 10.6 Å². The van der Waals surface area contributed by atoms with Gasteiger partial charge in [-0.3, -0.25) is 4.99 Å². The number of amidine groups is 1. The number of rotatable bonds is 2. The Hall–Kier alpha value is -1.94. The standard InChI is InChI=1S/C22H27N3S/c1-16-7-6-8-17(15-16)21(2,3)25-20-22(11-13-26-14-12-22)24-19-10-5-4-9-18(19)23-20/h4-10,15,24H,11-14H2,1-3H3,(H,23,25). The first-order valence-corrected chi connectivity index (χ1v) is 10.5. The van der Waals surface area contributed by atoms with E-state index in [0.717, 1.165) is 24.4 Å². The first-order valence-electron chi connectivity index (χ1n) is 9.38. The van der Waals surface area contributed by atoms with Crippen LogP contribution in [-0.2, 0) is 5.54 Å². The van der Waals surface area contributed by atoms with Crippen molar-refractivity contribution in [2.45, 2.75) is 44.7 Å². The summed E-state index contributed by atoms with van der Waals surface area (Å²) in [6.07, 6.45) is 2.20. The second-order valence-electron chi connectivity index (χ2n) is 7.88. The fraction of sp³-hybridized carbons (Fsp3) is 0.409. The minimum Gasteiger partial charge on any atom is -0.371 e. The van der Waals surface area contributed by atoms with Crippen LogP contribution < -0.4 is 10.6 Å². The van der Waals surface area contributed by atoms with E-state index < -0.39 is 0 Å². The minimum absolute atomic E-state index is 0.0826. The highest BCUT2D eigenvalue weighted by atomic mass is 32.2. The van der Waals surface area contributed by atoms with Crippen molar-refractivity contribution >= 4 is 29.0 Å². The lowest BCUT2D eigenvalue weighted by Gasteiger charge is -2.44. The summed E-state index contributed by atoms with van der Waals surface area (Å²) in [6, 6.07) is 17.2. The molecule has 0 unspecified atom stereocenters. The average molecular weight is 366 g/mol. The van der Waals surface area contributed by atoms with Crippen LogP contribution in [0.2, 0.25) is 0 Å². The van der Waals surface area contributed by atoms with Crippen LogP contribution >= 0.6 is 11.8 Å². The minimum atomic E-state index is -0.278. The van der Waals surface area contributed by atoms with Crippen molar-refractivity contribution in [3.63, 3.8) is 0 Å². The molecule has 0 aliphatic carbocycles. The summed E-state index contributed by atoms with van der Waals surface area (Å²) in [5.74, 6) is 3.42. The van der Waals surface area contributed by atoms with E-state index in [4.69, 9.17) is 4.99 Å². The lowest BCUT2D eigenvalue weighted by Crippen LogP contribution is -2.55. The molecular weight excluding hydrogens is 338 g/mol. The van der Waals surface area contributed by atoms with Gasteiger partial charge in [-0.1, -0.05) is 42.0 Å². The third-order valence-corrected chi connectivity index (χ3v) is 6.46. The molecule has 0 bridgehead atoms. The van der Waals surface area contributed by atoms with Crippen LogP contribution in [0.4, 0.5) is 11.4 Å². The molecule has 0 atom stereocenters. The first kappa shape index (κ1) is 17.5. The van der Waals surface area contributed by atoms with Gasteiger partial charge in [0.25, 0.3) is 0 Å². The molecule has 2 N–H and O–H groups in total. The van der Waals surface area contributed by atoms with Gasteiger partial charge in [0.2, 0.25) is 0 Å². The maximum Gasteiger partial charge on any atom is 0.128 e. The molecule has 26 heavy (non-hydrogen) atoms. The zero-order valence-corrected chi connectivity index (χ0v) is 16.6. The summed E-state index contributed by atoms with van der Waals surface area (Å²) in [4.78, 5) is 5.29. The Morgan fingerprint density at radius 2 is 1.73 bits per heavy atom. The molecule has 2 aromatic carbocycles. The molecule has 136 valence electrons. The normalized spacial score (nSPS) is 20.3. The van der Waals surface area contributed by atoms with E-state index in [-0.39, 0.29) is 11.1 Å². The summed E-state index contributed by atoms with van der Waals surface area (Å²) in [6.45, 7) is 6.56. The predicted octanol–water partition coefficient (Wildman–Crippen LogP) is 5.43. The van der Waals surface area contributed by atoms with Crippen LogP contribution in [0.25, 0.3) is 0 Å². The summed E-state index contributed by atoms with van der Waals surface area (Å²) in [5.41, 5.74) is 4.48. The van der Waals surface area contributed by atoms with E-state index in [9.17, 15) is 0 Å². The predicted molar refractivity (Wildman–Crippen MR) is 115 cm³/mol. The molecule has 1 spiro atoms. The summed E-state index contributed by atoms with van der Waals surface area (Å²) in [7, 11) is 0. The fourth-order valence-corrected chi connectivity index (χ4v) is 5.04. The number of anilines is 2. The van der Waals surface area contributed by atoms with Crippen molar-refractivity contribution in [2.24, 2.45) is 4.99 Å². The third kappa shape index (κ3) is 3.23. The third-order valence-electron chi connectivity index (χ3n) is 5.47. The van der Waals surface area contributed by atoms with Crippen molar-refractivity contribution in [1.82, 2.24) is 0 Å². The highest BCUT2D eigenvalue weighted by Crippen LogP contribution is 2.40. The van der Waals surface area contributed by atoms with Crippen LogP contribution in [0.5, 0.6) is 0 Å². The molecule has 0 radical (unpaired) electrons. The maximum atomic E-state index is 5.29. The number of hydrogen-bond donors (Lipinski definition) is 2. The number of benzene rings is 2. The smallest absolute Gasteiger partial charge is 0.128 e. The van der Waals surface area contributed by atoms with Gasteiger partial charge in [0.15, 0.2) is 0 Å². The van der Waals surface area contributed by atoms with Gasteiger partial charge in [-0.05, 0) is 62.8 Å². The molecule has 0 amide bonds. The molecule has 3 nitrogen and oxygen atoms in total. The molecule has 0 aromatic heterocycles. The van der Waals surface area contributed by atoms with Gasteiger partial charge in [0.05, 0.1) is 22.5 Å². The van der Waals surface area contributed by atoms with Crippen molar-refractivity contribution < 1.29 is 0 Å². The highest BCUT2D eigenvalue weighted by Gasteiger charge is 2.42. The van der Waals surface area contributed by atoms with E-state index in [2.05, 4.69) is 79.9 Å². The maximum absolute atomic E-state index is 5.29. The second kappa shape index (κ2) is 6.66. The van der Waals surface area contributed by atoms with Crippen molar-refractivity contribution in [2.75, 3.05) is 22.1 Å². The molecule has 0 saturated carbocycles. The summed E-state index contributed by atoms with van der Waals surface area (Å²) in [5, 5.41) is 7.52. The number of para-hydroxylation sites is 2. The summed E-state index contributed by atoms with van der Waals surface area (Å²) < 4.78 is 0. The number of aliphatic imine (C=N–C) groups is 1. The zero-order chi connectivity index (χ0) is 18.2. The second-order valence-corrected chi connectivity index (χ2v) is 9.10. The average Bonchev–Trinajstić information content (AvgIpc) is 2.63. The van der Waals surface area contributed by atoms with Crippen LogP contribution in [0, 0.1) is 6.92 Å². The van der Waals surface area contributed by atoms with E-state index >= 15 is 0 Å². The van der Waals surface area contributed by atoms with E-state index in [0.29, 0.717) is 0 Å². The zero-order valence-electron chi connectivity index (χ0n) is 15.8. The topological polar surface area (TPSA) is 36.4 Å². The quantitative estimate of drug-likeness (QED) is 0.745. The Labute approximate surface area is 160 Å². The SMILES string of the molecule is Cc1cccc(C(C)(C)N=C2Nc3ccccc3NC23CCSCC3)c1. The van der Waals surface area contributed by atoms with Crippen LogP contribution in [-0.4, -0.2) is 22.9 Å². The molecule has 2 aliphatic rings. The van der Waals surface area contributed by atoms with Gasteiger partial charge >= 0.3 is 0 Å². The Balaban J connectivity index is 1.77. The van der Waals surface area contributed by atoms with E-state index in [1.807, 2.05) is 11.8 Å². The fourth-order valence-electron chi connectivity index (χ4n) is 3.85. The lowest BCUT2D eigenvalue weighted by molar-refractivity contribution is 0.519. The number of aryl methyl sites for hydroxylation is 1. The van der Waals surface area contributed by atoms with Gasteiger partial charge in [0, 0.05) is 0 Å². The van der Waals surface area contributed by atoms with Crippen LogP contribution in [0.3, 0.4) is 0 Å². The van der Waals surface area contributed by atoms with Gasteiger partial charge in [-0.2, -0.15) is 11.8 Å². The molecule has 4 rings (SSSR count).